The van der Waals surface area contributed by atoms with E-state index in [2.05, 4.69) is 0 Å². The van der Waals surface area contributed by atoms with Crippen LogP contribution in [-0.2, 0) is 19.6 Å². The van der Waals surface area contributed by atoms with Gasteiger partial charge in [-0.1, -0.05) is 35.9 Å². The molecular weight excluding hydrogens is 390 g/mol. The van der Waals surface area contributed by atoms with E-state index in [4.69, 9.17) is 9.47 Å². The fourth-order valence-corrected chi connectivity index (χ4v) is 4.91. The first-order chi connectivity index (χ1) is 13.9. The van der Waals surface area contributed by atoms with E-state index in [-0.39, 0.29) is 18.0 Å². The Morgan fingerprint density at radius 3 is 2.34 bits per heavy atom. The van der Waals surface area contributed by atoms with Gasteiger partial charge in [-0.15, -0.1) is 0 Å². The fourth-order valence-electron chi connectivity index (χ4n) is 3.31. The van der Waals surface area contributed by atoms with Gasteiger partial charge in [0.05, 0.1) is 24.7 Å². The number of esters is 1. The molecule has 0 aliphatic carbocycles. The van der Waals surface area contributed by atoms with Crippen LogP contribution in [0, 0.1) is 6.92 Å². The maximum absolute atomic E-state index is 13.5. The van der Waals surface area contributed by atoms with Gasteiger partial charge in [0.1, 0.15) is 5.75 Å². The van der Waals surface area contributed by atoms with Crippen molar-refractivity contribution in [2.45, 2.75) is 31.2 Å². The zero-order valence-electron chi connectivity index (χ0n) is 16.8. The summed E-state index contributed by atoms with van der Waals surface area (Å²) in [6.07, 6.45) is 2.15. The maximum atomic E-state index is 13.5. The average Bonchev–Trinajstić information content (AvgIpc) is 2.74. The summed E-state index contributed by atoms with van der Waals surface area (Å²) in [5, 5.41) is 0. The largest absolute Gasteiger partial charge is 0.497 e. The smallest absolute Gasteiger partial charge is 0.335 e. The van der Waals surface area contributed by atoms with Gasteiger partial charge in [-0.25, -0.2) is 13.2 Å². The third-order valence-corrected chi connectivity index (χ3v) is 6.80. The Balaban J connectivity index is 2.02. The van der Waals surface area contributed by atoms with Crippen LogP contribution in [0.4, 0.5) is 0 Å². The van der Waals surface area contributed by atoms with Gasteiger partial charge in [-0.2, -0.15) is 4.31 Å². The van der Waals surface area contributed by atoms with Crippen LogP contribution in [0.1, 0.15) is 30.5 Å². The Hall–Kier alpha value is -2.64. The van der Waals surface area contributed by atoms with Crippen molar-refractivity contribution in [1.82, 2.24) is 4.31 Å². The number of hydrogen-bond acceptors (Lipinski definition) is 5. The van der Waals surface area contributed by atoms with Crippen molar-refractivity contribution in [1.29, 1.82) is 0 Å². The Bertz CT molecular complexity index is 995. The number of benzene rings is 2. The van der Waals surface area contributed by atoms with Gasteiger partial charge >= 0.3 is 5.97 Å². The van der Waals surface area contributed by atoms with E-state index < -0.39 is 22.0 Å². The second-order valence-corrected chi connectivity index (χ2v) is 8.73. The SMILES string of the molecule is CCOC(=O)C1=CC[C@@H](c2ccc(OC)cc2)N(S(=O)(=O)c2ccc(C)cc2)C1. The molecule has 1 heterocycles. The van der Waals surface area contributed by atoms with Gasteiger partial charge in [0.15, 0.2) is 0 Å². The Morgan fingerprint density at radius 1 is 1.10 bits per heavy atom. The van der Waals surface area contributed by atoms with E-state index in [1.165, 1.54) is 4.31 Å². The highest BCUT2D eigenvalue weighted by Gasteiger charge is 2.36. The summed E-state index contributed by atoms with van der Waals surface area (Å²) in [5.41, 5.74) is 2.16. The molecule has 0 saturated carbocycles. The lowest BCUT2D eigenvalue weighted by Gasteiger charge is -2.34. The summed E-state index contributed by atoms with van der Waals surface area (Å²) in [5.74, 6) is 0.213. The second kappa shape index (κ2) is 8.80. The van der Waals surface area contributed by atoms with Crippen molar-refractivity contribution >= 4 is 16.0 Å². The van der Waals surface area contributed by atoms with Crippen molar-refractivity contribution in [2.24, 2.45) is 0 Å². The van der Waals surface area contributed by atoms with Crippen LogP contribution >= 0.6 is 0 Å². The molecule has 0 radical (unpaired) electrons. The van der Waals surface area contributed by atoms with Crippen LogP contribution in [0.2, 0.25) is 0 Å². The first-order valence-corrected chi connectivity index (χ1v) is 10.9. The normalized spacial score (nSPS) is 17.5. The summed E-state index contributed by atoms with van der Waals surface area (Å²) in [4.78, 5) is 12.5. The Labute approximate surface area is 171 Å². The van der Waals surface area contributed by atoms with Crippen molar-refractivity contribution in [2.75, 3.05) is 20.3 Å². The van der Waals surface area contributed by atoms with Crippen LogP contribution in [0.25, 0.3) is 0 Å². The van der Waals surface area contributed by atoms with Gasteiger partial charge < -0.3 is 9.47 Å². The number of aryl methyl sites for hydroxylation is 1. The highest BCUT2D eigenvalue weighted by Crippen LogP contribution is 2.35. The topological polar surface area (TPSA) is 72.9 Å². The predicted molar refractivity (Wildman–Crippen MR) is 110 cm³/mol. The van der Waals surface area contributed by atoms with Gasteiger partial charge in [-0.05, 0) is 50.1 Å². The number of carbonyl (C=O) groups excluding carboxylic acids is 1. The van der Waals surface area contributed by atoms with Crippen molar-refractivity contribution in [3.63, 3.8) is 0 Å². The summed E-state index contributed by atoms with van der Waals surface area (Å²) < 4.78 is 38.6. The molecule has 29 heavy (non-hydrogen) atoms. The lowest BCUT2D eigenvalue weighted by atomic mass is 9.98. The highest BCUT2D eigenvalue weighted by molar-refractivity contribution is 7.89. The molecule has 2 aromatic carbocycles. The van der Waals surface area contributed by atoms with Gasteiger partial charge in [-0.3, -0.25) is 0 Å². The lowest BCUT2D eigenvalue weighted by molar-refractivity contribution is -0.138. The third kappa shape index (κ3) is 4.52. The number of carbonyl (C=O) groups is 1. The quantitative estimate of drug-likeness (QED) is 0.674. The molecule has 0 saturated heterocycles. The lowest BCUT2D eigenvalue weighted by Crippen LogP contribution is -2.40. The van der Waals surface area contributed by atoms with E-state index in [1.54, 1.807) is 56.5 Å². The molecule has 1 aliphatic rings. The van der Waals surface area contributed by atoms with Crippen LogP contribution in [0.5, 0.6) is 5.75 Å². The van der Waals surface area contributed by atoms with Crippen molar-refractivity contribution in [3.8, 4) is 5.75 Å². The van der Waals surface area contributed by atoms with Gasteiger partial charge in [0.25, 0.3) is 0 Å². The molecule has 0 N–H and O–H groups in total. The molecule has 0 unspecified atom stereocenters. The molecule has 2 aromatic rings. The molecule has 3 rings (SSSR count). The van der Waals surface area contributed by atoms with Crippen LogP contribution < -0.4 is 4.74 Å². The molecule has 1 atom stereocenters. The Morgan fingerprint density at radius 2 is 1.76 bits per heavy atom. The number of sulfonamides is 1. The summed E-state index contributed by atoms with van der Waals surface area (Å²) >= 11 is 0. The minimum atomic E-state index is -3.82. The first-order valence-electron chi connectivity index (χ1n) is 9.45. The molecule has 0 spiro atoms. The monoisotopic (exact) mass is 415 g/mol. The molecule has 1 aliphatic heterocycles. The van der Waals surface area contributed by atoms with E-state index in [9.17, 15) is 13.2 Å². The molecular formula is C22H25NO5S. The molecule has 6 nitrogen and oxygen atoms in total. The minimum absolute atomic E-state index is 0.0360. The zero-order valence-corrected chi connectivity index (χ0v) is 17.6. The second-order valence-electron chi connectivity index (χ2n) is 6.84. The van der Waals surface area contributed by atoms with E-state index in [1.807, 2.05) is 19.1 Å². The molecule has 0 bridgehead atoms. The van der Waals surface area contributed by atoms with Crippen LogP contribution in [0.15, 0.2) is 65.1 Å². The highest BCUT2D eigenvalue weighted by atomic mass is 32.2. The summed E-state index contributed by atoms with van der Waals surface area (Å²) in [7, 11) is -2.24. The van der Waals surface area contributed by atoms with E-state index in [0.29, 0.717) is 17.7 Å². The molecule has 154 valence electrons. The van der Waals surface area contributed by atoms with E-state index >= 15 is 0 Å². The number of ether oxygens (including phenoxy) is 2. The molecule has 0 fully saturated rings. The fraction of sp³-hybridized carbons (Fsp3) is 0.318. The van der Waals surface area contributed by atoms with Gasteiger partial charge in [0, 0.05) is 12.1 Å². The summed E-state index contributed by atoms with van der Waals surface area (Å²) in [6, 6.07) is 13.6. The van der Waals surface area contributed by atoms with Crippen LogP contribution in [-0.4, -0.2) is 39.0 Å². The standard InChI is InChI=1S/C22H25NO5S/c1-4-28-22(24)18-9-14-21(17-7-10-19(27-3)11-8-17)23(15-18)29(25,26)20-12-5-16(2)6-13-20/h5-13,21H,4,14-15H2,1-3H3/t21-/m0/s1. The molecule has 7 heteroatoms. The maximum Gasteiger partial charge on any atom is 0.335 e. The predicted octanol–water partition coefficient (Wildman–Crippen LogP) is 3.63. The number of methoxy groups -OCH3 is 1. The average molecular weight is 416 g/mol. The third-order valence-electron chi connectivity index (χ3n) is 4.93. The van der Waals surface area contributed by atoms with Crippen molar-refractivity contribution < 1.29 is 22.7 Å². The Kier molecular flexibility index (Phi) is 6.39. The van der Waals surface area contributed by atoms with E-state index in [0.717, 1.165) is 11.1 Å². The number of hydrogen-bond donors (Lipinski definition) is 0. The van der Waals surface area contributed by atoms with Gasteiger partial charge in [0.2, 0.25) is 10.0 Å². The van der Waals surface area contributed by atoms with Crippen LogP contribution in [0.3, 0.4) is 0 Å². The number of rotatable bonds is 6. The number of nitrogens with zero attached hydrogens (tertiary/aromatic N) is 1. The summed E-state index contributed by atoms with van der Waals surface area (Å²) in [6.45, 7) is 3.83. The minimum Gasteiger partial charge on any atom is -0.497 e. The molecule has 0 amide bonds. The van der Waals surface area contributed by atoms with Crippen molar-refractivity contribution in [3.05, 3.63) is 71.3 Å². The molecule has 0 aromatic heterocycles. The first kappa shape index (κ1) is 21.1. The zero-order chi connectivity index (χ0) is 21.0.